The zero-order valence-electron chi connectivity index (χ0n) is 6.30. The Hall–Kier alpha value is -0.570. The minimum absolute atomic E-state index is 0.321. The van der Waals surface area contributed by atoms with Gasteiger partial charge in [0.05, 0.1) is 5.02 Å². The lowest BCUT2D eigenvalue weighted by molar-refractivity contribution is 1.26. The van der Waals surface area contributed by atoms with Gasteiger partial charge in [-0.15, -0.1) is 0 Å². The lowest BCUT2D eigenvalue weighted by Gasteiger charge is -1.95. The summed E-state index contributed by atoms with van der Waals surface area (Å²) in [5.41, 5.74) is 6.18. The number of nitrogens with zero attached hydrogens (tertiary/aromatic N) is 1. The number of hydrogen-bond acceptors (Lipinski definition) is 2. The summed E-state index contributed by atoms with van der Waals surface area (Å²) in [5, 5.41) is 0.775. The first kappa shape index (κ1) is 9.52. The van der Waals surface area contributed by atoms with Crippen molar-refractivity contribution in [3.05, 3.63) is 34.1 Å². The monoisotopic (exact) mass is 202 g/mol. The van der Waals surface area contributed by atoms with E-state index in [1.807, 2.05) is 12.2 Å². The summed E-state index contributed by atoms with van der Waals surface area (Å²) in [6, 6.07) is 1.74. The summed E-state index contributed by atoms with van der Waals surface area (Å²) in [6.07, 6.45) is 5.30. The molecule has 12 heavy (non-hydrogen) atoms. The van der Waals surface area contributed by atoms with Gasteiger partial charge in [-0.1, -0.05) is 35.4 Å². The minimum Gasteiger partial charge on any atom is -0.327 e. The Morgan fingerprint density at radius 1 is 1.50 bits per heavy atom. The van der Waals surface area contributed by atoms with Crippen LogP contribution in [-0.4, -0.2) is 11.5 Å². The van der Waals surface area contributed by atoms with Crippen LogP contribution in [0.1, 0.15) is 5.56 Å². The molecule has 0 radical (unpaired) electrons. The number of rotatable bonds is 2. The number of aromatic nitrogens is 1. The first-order chi connectivity index (χ1) is 5.74. The van der Waals surface area contributed by atoms with Crippen molar-refractivity contribution in [3.63, 3.8) is 0 Å². The van der Waals surface area contributed by atoms with Gasteiger partial charge in [0.25, 0.3) is 0 Å². The highest BCUT2D eigenvalue weighted by atomic mass is 35.5. The number of halogens is 2. The molecule has 1 aromatic rings. The molecule has 2 nitrogen and oxygen atoms in total. The predicted molar refractivity (Wildman–Crippen MR) is 52.3 cm³/mol. The Balaban J connectivity index is 2.89. The van der Waals surface area contributed by atoms with Gasteiger partial charge in [-0.05, 0) is 11.6 Å². The molecule has 1 rings (SSSR count). The molecule has 0 bridgehead atoms. The second-order valence-corrected chi connectivity index (χ2v) is 2.94. The fourth-order valence-electron chi connectivity index (χ4n) is 0.731. The van der Waals surface area contributed by atoms with Crippen molar-refractivity contribution >= 4 is 29.3 Å². The Morgan fingerprint density at radius 3 is 2.83 bits per heavy atom. The SMILES string of the molecule is NC/C=C/c1cnc(Cl)c(Cl)c1. The quantitative estimate of drug-likeness (QED) is 0.749. The van der Waals surface area contributed by atoms with Crippen molar-refractivity contribution in [3.8, 4) is 0 Å². The molecule has 0 aliphatic carbocycles. The summed E-state index contributed by atoms with van der Waals surface area (Å²) in [6.45, 7) is 0.500. The van der Waals surface area contributed by atoms with E-state index in [4.69, 9.17) is 28.9 Å². The van der Waals surface area contributed by atoms with E-state index in [-0.39, 0.29) is 0 Å². The van der Waals surface area contributed by atoms with E-state index in [0.717, 1.165) is 5.56 Å². The fourth-order valence-corrected chi connectivity index (χ4v) is 1.01. The van der Waals surface area contributed by atoms with E-state index >= 15 is 0 Å². The van der Waals surface area contributed by atoms with Crippen LogP contribution in [0.4, 0.5) is 0 Å². The first-order valence-electron chi connectivity index (χ1n) is 3.41. The molecule has 2 N–H and O–H groups in total. The summed E-state index contributed by atoms with van der Waals surface area (Å²) >= 11 is 11.4. The van der Waals surface area contributed by atoms with E-state index < -0.39 is 0 Å². The summed E-state index contributed by atoms with van der Waals surface area (Å²) < 4.78 is 0. The Kier molecular flexibility index (Phi) is 3.53. The maximum atomic E-state index is 5.73. The molecule has 0 saturated heterocycles. The molecule has 0 atom stereocenters. The molecular weight excluding hydrogens is 195 g/mol. The maximum Gasteiger partial charge on any atom is 0.147 e. The third-order valence-electron chi connectivity index (χ3n) is 1.26. The van der Waals surface area contributed by atoms with Crippen LogP contribution in [0.15, 0.2) is 18.3 Å². The molecule has 0 unspecified atom stereocenters. The topological polar surface area (TPSA) is 38.9 Å². The Morgan fingerprint density at radius 2 is 2.25 bits per heavy atom. The van der Waals surface area contributed by atoms with Crippen LogP contribution >= 0.6 is 23.2 Å². The van der Waals surface area contributed by atoms with E-state index in [9.17, 15) is 0 Å². The number of nitrogens with two attached hydrogens (primary N) is 1. The molecule has 1 heterocycles. The van der Waals surface area contributed by atoms with E-state index in [1.165, 1.54) is 0 Å². The van der Waals surface area contributed by atoms with Crippen LogP contribution in [0.3, 0.4) is 0 Å². The molecule has 4 heteroatoms. The van der Waals surface area contributed by atoms with Crippen molar-refractivity contribution in [2.75, 3.05) is 6.54 Å². The van der Waals surface area contributed by atoms with Crippen molar-refractivity contribution < 1.29 is 0 Å². The van der Waals surface area contributed by atoms with Crippen LogP contribution < -0.4 is 5.73 Å². The van der Waals surface area contributed by atoms with E-state index in [0.29, 0.717) is 16.7 Å². The van der Waals surface area contributed by atoms with Crippen LogP contribution in [0.5, 0.6) is 0 Å². The predicted octanol–water partition coefficient (Wildman–Crippen LogP) is 2.36. The first-order valence-corrected chi connectivity index (χ1v) is 4.17. The molecule has 0 aromatic carbocycles. The average molecular weight is 203 g/mol. The zero-order valence-corrected chi connectivity index (χ0v) is 7.81. The highest BCUT2D eigenvalue weighted by molar-refractivity contribution is 6.41. The average Bonchev–Trinajstić information content (AvgIpc) is 2.07. The number of pyridine rings is 1. The van der Waals surface area contributed by atoms with Gasteiger partial charge in [0.1, 0.15) is 5.15 Å². The third kappa shape index (κ3) is 2.48. The van der Waals surface area contributed by atoms with Crippen molar-refractivity contribution in [1.29, 1.82) is 0 Å². The van der Waals surface area contributed by atoms with Crippen LogP contribution in [0.25, 0.3) is 6.08 Å². The van der Waals surface area contributed by atoms with Crippen molar-refractivity contribution in [2.45, 2.75) is 0 Å². The molecule has 0 fully saturated rings. The lowest BCUT2D eigenvalue weighted by atomic mass is 10.2. The second kappa shape index (κ2) is 4.45. The molecule has 0 spiro atoms. The van der Waals surface area contributed by atoms with Gasteiger partial charge in [0.15, 0.2) is 0 Å². The molecule has 0 saturated carbocycles. The standard InChI is InChI=1S/C8H8Cl2N2/c9-7-4-6(2-1-3-11)5-12-8(7)10/h1-2,4-5H,3,11H2/b2-1+. The van der Waals surface area contributed by atoms with E-state index in [1.54, 1.807) is 12.3 Å². The van der Waals surface area contributed by atoms with Gasteiger partial charge in [-0.2, -0.15) is 0 Å². The summed E-state index contributed by atoms with van der Waals surface area (Å²) in [7, 11) is 0. The van der Waals surface area contributed by atoms with Gasteiger partial charge in [0, 0.05) is 12.7 Å². The Bertz CT molecular complexity index is 297. The Labute approximate surface area is 81.0 Å². The van der Waals surface area contributed by atoms with Crippen LogP contribution in [0, 0.1) is 0 Å². The summed E-state index contributed by atoms with van der Waals surface area (Å²) in [5.74, 6) is 0. The fraction of sp³-hybridized carbons (Fsp3) is 0.125. The van der Waals surface area contributed by atoms with E-state index in [2.05, 4.69) is 4.98 Å². The van der Waals surface area contributed by atoms with Gasteiger partial charge in [-0.25, -0.2) is 4.98 Å². The molecule has 0 aliphatic heterocycles. The van der Waals surface area contributed by atoms with Gasteiger partial charge < -0.3 is 5.73 Å². The summed E-state index contributed by atoms with van der Waals surface area (Å²) in [4.78, 5) is 3.87. The van der Waals surface area contributed by atoms with Crippen molar-refractivity contribution in [1.82, 2.24) is 4.98 Å². The zero-order chi connectivity index (χ0) is 8.97. The molecular formula is C8H8Cl2N2. The largest absolute Gasteiger partial charge is 0.327 e. The highest BCUT2D eigenvalue weighted by Crippen LogP contribution is 2.19. The highest BCUT2D eigenvalue weighted by Gasteiger charge is 1.97. The van der Waals surface area contributed by atoms with Gasteiger partial charge >= 0.3 is 0 Å². The second-order valence-electron chi connectivity index (χ2n) is 2.18. The lowest BCUT2D eigenvalue weighted by Crippen LogP contribution is -1.92. The third-order valence-corrected chi connectivity index (χ3v) is 1.95. The van der Waals surface area contributed by atoms with Crippen LogP contribution in [0.2, 0.25) is 10.2 Å². The van der Waals surface area contributed by atoms with Crippen molar-refractivity contribution in [2.24, 2.45) is 5.73 Å². The number of hydrogen-bond donors (Lipinski definition) is 1. The molecule has 0 aliphatic rings. The maximum absolute atomic E-state index is 5.73. The van der Waals surface area contributed by atoms with Gasteiger partial charge in [0.2, 0.25) is 0 Å². The molecule has 1 aromatic heterocycles. The molecule has 0 amide bonds. The van der Waals surface area contributed by atoms with Gasteiger partial charge in [-0.3, -0.25) is 0 Å². The minimum atomic E-state index is 0.321. The normalized spacial score (nSPS) is 10.9. The molecule has 64 valence electrons. The van der Waals surface area contributed by atoms with Crippen LogP contribution in [-0.2, 0) is 0 Å². The smallest absolute Gasteiger partial charge is 0.147 e.